The molecule has 0 aliphatic carbocycles. The van der Waals surface area contributed by atoms with Crippen molar-refractivity contribution in [2.75, 3.05) is 24.2 Å². The molecule has 2 aliphatic rings. The fourth-order valence-corrected chi connectivity index (χ4v) is 5.38. The molecule has 7 nitrogen and oxygen atoms in total. The molecule has 8 heteroatoms. The van der Waals surface area contributed by atoms with Gasteiger partial charge in [0.2, 0.25) is 10.0 Å². The molecule has 0 radical (unpaired) electrons. The molecule has 0 bridgehead atoms. The number of sulfonamides is 1. The number of aromatic nitrogens is 3. The van der Waals surface area contributed by atoms with Crippen molar-refractivity contribution in [2.24, 2.45) is 0 Å². The van der Waals surface area contributed by atoms with Crippen molar-refractivity contribution in [1.82, 2.24) is 19.3 Å². The second kappa shape index (κ2) is 7.75. The van der Waals surface area contributed by atoms with Gasteiger partial charge in [-0.1, -0.05) is 12.5 Å². The molecule has 0 saturated carbocycles. The van der Waals surface area contributed by atoms with Crippen LogP contribution in [0.15, 0.2) is 24.4 Å². The molecule has 0 spiro atoms. The van der Waals surface area contributed by atoms with Gasteiger partial charge in [0.15, 0.2) is 0 Å². The summed E-state index contributed by atoms with van der Waals surface area (Å²) in [5.74, 6) is 1.58. The minimum absolute atomic E-state index is 0.272. The highest BCUT2D eigenvalue weighted by Gasteiger charge is 2.34. The molecule has 1 unspecified atom stereocenters. The normalized spacial score (nSPS) is 20.8. The van der Waals surface area contributed by atoms with Crippen molar-refractivity contribution < 1.29 is 8.42 Å². The summed E-state index contributed by atoms with van der Waals surface area (Å²) < 4.78 is 26.2. The zero-order chi connectivity index (χ0) is 19.7. The molecular weight excluding hydrogens is 374 g/mol. The quantitative estimate of drug-likeness (QED) is 0.784. The Balaban J connectivity index is 1.71. The number of fused-ring (bicyclic) bond motifs is 1. The first-order chi connectivity index (χ1) is 13.4. The van der Waals surface area contributed by atoms with Crippen LogP contribution in [0.4, 0.5) is 5.82 Å². The Morgan fingerprint density at radius 1 is 1.14 bits per heavy atom. The average molecular weight is 402 g/mol. The third-order valence-electron chi connectivity index (χ3n) is 5.62. The summed E-state index contributed by atoms with van der Waals surface area (Å²) in [4.78, 5) is 16.4. The van der Waals surface area contributed by atoms with E-state index < -0.39 is 10.0 Å². The zero-order valence-corrected chi connectivity index (χ0v) is 17.3. The lowest BCUT2D eigenvalue weighted by atomic mass is 10.0. The van der Waals surface area contributed by atoms with E-state index in [2.05, 4.69) is 9.88 Å². The topological polar surface area (TPSA) is 79.3 Å². The zero-order valence-electron chi connectivity index (χ0n) is 16.5. The molecule has 0 N–H and O–H groups in total. The number of hydrogen-bond donors (Lipinski definition) is 0. The van der Waals surface area contributed by atoms with Gasteiger partial charge in [-0.2, -0.15) is 4.31 Å². The maximum absolute atomic E-state index is 12.3. The molecule has 1 fully saturated rings. The predicted octanol–water partition coefficient (Wildman–Crippen LogP) is 2.62. The van der Waals surface area contributed by atoms with E-state index in [0.717, 1.165) is 55.9 Å². The van der Waals surface area contributed by atoms with Crippen LogP contribution in [0.1, 0.15) is 54.5 Å². The number of piperidine rings is 1. The highest BCUT2D eigenvalue weighted by molar-refractivity contribution is 7.88. The Bertz CT molecular complexity index is 949. The molecule has 0 amide bonds. The summed E-state index contributed by atoms with van der Waals surface area (Å²) in [6.07, 6.45) is 7.76. The van der Waals surface area contributed by atoms with E-state index in [1.807, 2.05) is 31.3 Å². The van der Waals surface area contributed by atoms with Gasteiger partial charge in [-0.25, -0.2) is 18.4 Å². The first-order valence-corrected chi connectivity index (χ1v) is 11.8. The Labute approximate surface area is 166 Å². The van der Waals surface area contributed by atoms with Crippen LogP contribution in [-0.2, 0) is 23.0 Å². The Kier molecular flexibility index (Phi) is 5.33. The van der Waals surface area contributed by atoms with Crippen LogP contribution < -0.4 is 4.90 Å². The van der Waals surface area contributed by atoms with Crippen LogP contribution in [0, 0.1) is 6.92 Å². The van der Waals surface area contributed by atoms with Gasteiger partial charge < -0.3 is 4.90 Å². The minimum atomic E-state index is -3.29. The first kappa shape index (κ1) is 19.3. The van der Waals surface area contributed by atoms with Crippen LogP contribution in [-0.4, -0.2) is 47.0 Å². The number of rotatable bonds is 4. The standard InChI is InChI=1S/C20H27N5O2S/c1-15-17-9-7-12-24(14-16-8-3-5-11-21-16)20(17)23-19(22-15)18-10-4-6-13-25(18)28(2,26)27/h3,5,8,11,18H,4,6-7,9-10,12-14H2,1-2H3. The van der Waals surface area contributed by atoms with Crippen LogP contribution >= 0.6 is 0 Å². The van der Waals surface area contributed by atoms with E-state index in [1.54, 1.807) is 4.31 Å². The van der Waals surface area contributed by atoms with E-state index in [4.69, 9.17) is 9.97 Å². The number of aryl methyl sites for hydroxylation is 1. The van der Waals surface area contributed by atoms with Gasteiger partial charge in [-0.05, 0) is 44.7 Å². The Morgan fingerprint density at radius 2 is 2.00 bits per heavy atom. The molecule has 4 rings (SSSR count). The fourth-order valence-electron chi connectivity index (χ4n) is 4.26. The largest absolute Gasteiger partial charge is 0.350 e. The van der Waals surface area contributed by atoms with Gasteiger partial charge in [-0.15, -0.1) is 0 Å². The maximum Gasteiger partial charge on any atom is 0.211 e. The lowest BCUT2D eigenvalue weighted by molar-refractivity contribution is 0.247. The van der Waals surface area contributed by atoms with Crippen molar-refractivity contribution >= 4 is 15.8 Å². The van der Waals surface area contributed by atoms with Gasteiger partial charge >= 0.3 is 0 Å². The molecule has 1 atom stereocenters. The lowest BCUT2D eigenvalue weighted by Gasteiger charge is -2.35. The van der Waals surface area contributed by atoms with Gasteiger partial charge in [0.05, 0.1) is 24.5 Å². The Morgan fingerprint density at radius 3 is 2.75 bits per heavy atom. The molecule has 4 heterocycles. The third-order valence-corrected chi connectivity index (χ3v) is 6.91. The van der Waals surface area contributed by atoms with E-state index >= 15 is 0 Å². The van der Waals surface area contributed by atoms with E-state index in [1.165, 1.54) is 11.8 Å². The van der Waals surface area contributed by atoms with Crippen molar-refractivity contribution in [1.29, 1.82) is 0 Å². The Hall–Kier alpha value is -2.06. The molecule has 28 heavy (non-hydrogen) atoms. The van der Waals surface area contributed by atoms with E-state index in [9.17, 15) is 8.42 Å². The fraction of sp³-hybridized carbons (Fsp3) is 0.550. The van der Waals surface area contributed by atoms with Gasteiger partial charge in [-0.3, -0.25) is 4.98 Å². The second-order valence-electron chi connectivity index (χ2n) is 7.70. The van der Waals surface area contributed by atoms with Gasteiger partial charge in [0.1, 0.15) is 11.6 Å². The van der Waals surface area contributed by atoms with E-state index in [0.29, 0.717) is 18.9 Å². The summed E-state index contributed by atoms with van der Waals surface area (Å²) in [5, 5.41) is 0. The predicted molar refractivity (Wildman–Crippen MR) is 109 cm³/mol. The number of nitrogens with zero attached hydrogens (tertiary/aromatic N) is 5. The summed E-state index contributed by atoms with van der Waals surface area (Å²) in [7, 11) is -3.29. The van der Waals surface area contributed by atoms with Crippen LogP contribution in [0.2, 0.25) is 0 Å². The lowest BCUT2D eigenvalue weighted by Crippen LogP contribution is -2.39. The SMILES string of the molecule is Cc1nc(C2CCCCN2S(C)(=O)=O)nc2c1CCCN2Cc1ccccn1. The molecular formula is C20H27N5O2S. The third kappa shape index (κ3) is 3.89. The number of pyridine rings is 1. The molecule has 1 saturated heterocycles. The van der Waals surface area contributed by atoms with Crippen molar-refractivity contribution in [3.63, 3.8) is 0 Å². The van der Waals surface area contributed by atoms with Crippen LogP contribution in [0.3, 0.4) is 0 Å². The summed E-state index contributed by atoms with van der Waals surface area (Å²) >= 11 is 0. The van der Waals surface area contributed by atoms with Crippen LogP contribution in [0.25, 0.3) is 0 Å². The summed E-state index contributed by atoms with van der Waals surface area (Å²) in [5.41, 5.74) is 3.14. The van der Waals surface area contributed by atoms with Gasteiger partial charge in [0, 0.05) is 30.5 Å². The van der Waals surface area contributed by atoms with Crippen molar-refractivity contribution in [2.45, 2.75) is 51.6 Å². The minimum Gasteiger partial charge on any atom is -0.350 e. The average Bonchev–Trinajstić information content (AvgIpc) is 2.69. The van der Waals surface area contributed by atoms with Gasteiger partial charge in [0.25, 0.3) is 0 Å². The molecule has 150 valence electrons. The first-order valence-electron chi connectivity index (χ1n) is 9.92. The highest BCUT2D eigenvalue weighted by Crippen LogP contribution is 2.35. The van der Waals surface area contributed by atoms with E-state index in [-0.39, 0.29) is 6.04 Å². The molecule has 2 aromatic heterocycles. The van der Waals surface area contributed by atoms with Crippen LogP contribution in [0.5, 0.6) is 0 Å². The molecule has 0 aromatic carbocycles. The summed E-state index contributed by atoms with van der Waals surface area (Å²) in [6, 6.07) is 5.67. The number of hydrogen-bond acceptors (Lipinski definition) is 6. The second-order valence-corrected chi connectivity index (χ2v) is 9.64. The molecule has 2 aliphatic heterocycles. The molecule has 2 aromatic rings. The maximum atomic E-state index is 12.3. The number of anilines is 1. The smallest absolute Gasteiger partial charge is 0.211 e. The summed E-state index contributed by atoms with van der Waals surface area (Å²) in [6.45, 7) is 4.17. The van der Waals surface area contributed by atoms with Crippen molar-refractivity contribution in [3.8, 4) is 0 Å². The monoisotopic (exact) mass is 401 g/mol. The highest BCUT2D eigenvalue weighted by atomic mass is 32.2. The van der Waals surface area contributed by atoms with Crippen molar-refractivity contribution in [3.05, 3.63) is 47.2 Å².